The smallest absolute Gasteiger partial charge is 0.259 e. The number of carbonyl (C=O) groups excluding carboxylic acids is 2. The first kappa shape index (κ1) is 18.6. The molecule has 7 heteroatoms. The van der Waals surface area contributed by atoms with Crippen molar-refractivity contribution in [1.29, 1.82) is 0 Å². The van der Waals surface area contributed by atoms with Crippen LogP contribution in [0.2, 0.25) is 0 Å². The Morgan fingerprint density at radius 1 is 1.00 bits per heavy atom. The van der Waals surface area contributed by atoms with Gasteiger partial charge in [0.05, 0.1) is 38.3 Å². The quantitative estimate of drug-likeness (QED) is 0.649. The molecule has 0 saturated carbocycles. The highest BCUT2D eigenvalue weighted by Gasteiger charge is 2.61. The Labute approximate surface area is 167 Å². The van der Waals surface area contributed by atoms with Crippen molar-refractivity contribution in [3.63, 3.8) is 0 Å². The van der Waals surface area contributed by atoms with Crippen LogP contribution >= 0.6 is 0 Å². The van der Waals surface area contributed by atoms with Gasteiger partial charge in [-0.15, -0.1) is 0 Å². The van der Waals surface area contributed by atoms with E-state index in [1.54, 1.807) is 54.6 Å². The number of para-hydroxylation sites is 4. The second-order valence-electron chi connectivity index (χ2n) is 6.57. The largest absolute Gasteiger partial charge is 0.495 e. The maximum absolute atomic E-state index is 13.6. The normalized spacial score (nSPS) is 18.1. The molecule has 0 bridgehead atoms. The number of nitrogens with one attached hydrogen (secondary N) is 1. The van der Waals surface area contributed by atoms with Crippen LogP contribution in [-0.4, -0.2) is 26.0 Å². The molecule has 1 aromatic heterocycles. The van der Waals surface area contributed by atoms with E-state index in [0.717, 1.165) is 0 Å². The zero-order valence-electron chi connectivity index (χ0n) is 16.0. The van der Waals surface area contributed by atoms with Gasteiger partial charge < -0.3 is 19.2 Å². The van der Waals surface area contributed by atoms with Crippen molar-refractivity contribution in [3.05, 3.63) is 72.7 Å². The van der Waals surface area contributed by atoms with E-state index in [9.17, 15) is 9.59 Å². The first-order valence-corrected chi connectivity index (χ1v) is 9.06. The predicted octanol–water partition coefficient (Wildman–Crippen LogP) is 3.57. The van der Waals surface area contributed by atoms with E-state index in [4.69, 9.17) is 13.9 Å². The molecule has 1 fully saturated rings. The van der Waals surface area contributed by atoms with Gasteiger partial charge in [-0.3, -0.25) is 14.5 Å². The van der Waals surface area contributed by atoms with Gasteiger partial charge in [0.1, 0.15) is 17.3 Å². The van der Waals surface area contributed by atoms with Crippen LogP contribution in [0.25, 0.3) is 0 Å². The predicted molar refractivity (Wildman–Crippen MR) is 107 cm³/mol. The Bertz CT molecular complexity index is 1050. The molecule has 2 aromatic carbocycles. The van der Waals surface area contributed by atoms with Gasteiger partial charge in [-0.1, -0.05) is 24.3 Å². The van der Waals surface area contributed by atoms with Gasteiger partial charge in [-0.25, -0.2) is 0 Å². The number of carbonyl (C=O) groups is 2. The van der Waals surface area contributed by atoms with Gasteiger partial charge in [0.25, 0.3) is 5.91 Å². The lowest BCUT2D eigenvalue weighted by atomic mass is 9.79. The minimum atomic E-state index is -1.34. The molecule has 1 aliphatic rings. The monoisotopic (exact) mass is 392 g/mol. The third-order valence-corrected chi connectivity index (χ3v) is 5.02. The van der Waals surface area contributed by atoms with Crippen LogP contribution in [-0.2, 0) is 15.1 Å². The summed E-state index contributed by atoms with van der Waals surface area (Å²) in [6, 6.07) is 17.5. The van der Waals surface area contributed by atoms with Crippen LogP contribution in [0, 0.1) is 0 Å². The van der Waals surface area contributed by atoms with Gasteiger partial charge in [-0.2, -0.15) is 0 Å². The number of rotatable bonds is 6. The summed E-state index contributed by atoms with van der Waals surface area (Å²) in [4.78, 5) is 27.7. The van der Waals surface area contributed by atoms with Crippen molar-refractivity contribution in [2.75, 3.05) is 24.4 Å². The summed E-state index contributed by atoms with van der Waals surface area (Å²) >= 11 is 0. The van der Waals surface area contributed by atoms with Crippen LogP contribution in [0.15, 0.2) is 71.3 Å². The molecule has 1 N–H and O–H groups in total. The number of furan rings is 1. The second kappa shape index (κ2) is 7.35. The summed E-state index contributed by atoms with van der Waals surface area (Å²) < 4.78 is 16.4. The molecule has 148 valence electrons. The van der Waals surface area contributed by atoms with Crippen molar-refractivity contribution in [2.24, 2.45) is 0 Å². The van der Waals surface area contributed by atoms with E-state index < -0.39 is 11.4 Å². The third-order valence-electron chi connectivity index (χ3n) is 5.02. The van der Waals surface area contributed by atoms with Crippen molar-refractivity contribution in [1.82, 2.24) is 0 Å². The molecule has 4 rings (SSSR count). The van der Waals surface area contributed by atoms with Crippen LogP contribution < -0.4 is 19.7 Å². The average Bonchev–Trinajstić information content (AvgIpc) is 3.27. The molecule has 1 aliphatic heterocycles. The Morgan fingerprint density at radius 3 is 2.34 bits per heavy atom. The molecule has 0 aliphatic carbocycles. The van der Waals surface area contributed by atoms with E-state index in [1.807, 2.05) is 6.07 Å². The van der Waals surface area contributed by atoms with E-state index in [1.165, 1.54) is 25.4 Å². The lowest BCUT2D eigenvalue weighted by Gasteiger charge is -2.49. The number of ether oxygens (including phenoxy) is 2. The first-order valence-electron chi connectivity index (χ1n) is 9.06. The molecule has 1 saturated heterocycles. The standard InChI is InChI=1S/C22H20N2O5/c1-27-17-10-5-3-8-15(17)23-21(26)22(19-12-7-13-29-19)14-20(25)24(22)16-9-4-6-11-18(16)28-2/h3-13H,14H2,1-2H3,(H,23,26). The molecule has 1 unspecified atom stereocenters. The van der Waals surface area contributed by atoms with E-state index in [-0.39, 0.29) is 12.3 Å². The number of anilines is 2. The minimum absolute atomic E-state index is 0.0282. The molecular weight excluding hydrogens is 372 g/mol. The maximum Gasteiger partial charge on any atom is 0.259 e. The van der Waals surface area contributed by atoms with Crippen molar-refractivity contribution in [3.8, 4) is 11.5 Å². The van der Waals surface area contributed by atoms with Gasteiger partial charge in [-0.05, 0) is 36.4 Å². The summed E-state index contributed by atoms with van der Waals surface area (Å²) in [6.45, 7) is 0. The van der Waals surface area contributed by atoms with Crippen molar-refractivity contribution < 1.29 is 23.5 Å². The summed E-state index contributed by atoms with van der Waals surface area (Å²) in [5.74, 6) is 0.769. The highest BCUT2D eigenvalue weighted by molar-refractivity contribution is 6.17. The Balaban J connectivity index is 1.80. The highest BCUT2D eigenvalue weighted by Crippen LogP contribution is 2.48. The van der Waals surface area contributed by atoms with Crippen LogP contribution in [0.1, 0.15) is 12.2 Å². The van der Waals surface area contributed by atoms with E-state index in [2.05, 4.69) is 5.32 Å². The van der Waals surface area contributed by atoms with Gasteiger partial charge in [0.2, 0.25) is 5.91 Å². The fourth-order valence-electron chi connectivity index (χ4n) is 3.63. The molecule has 3 aromatic rings. The fourth-order valence-corrected chi connectivity index (χ4v) is 3.63. The van der Waals surface area contributed by atoms with Crippen molar-refractivity contribution in [2.45, 2.75) is 12.0 Å². The number of amides is 2. The molecule has 29 heavy (non-hydrogen) atoms. The molecule has 7 nitrogen and oxygen atoms in total. The van der Waals surface area contributed by atoms with Gasteiger partial charge in [0.15, 0.2) is 5.54 Å². The number of hydrogen-bond acceptors (Lipinski definition) is 5. The molecular formula is C22H20N2O5. The zero-order chi connectivity index (χ0) is 20.4. The number of hydrogen-bond donors (Lipinski definition) is 1. The number of benzene rings is 2. The van der Waals surface area contributed by atoms with Crippen LogP contribution in [0.4, 0.5) is 11.4 Å². The Morgan fingerprint density at radius 2 is 1.69 bits per heavy atom. The van der Waals surface area contributed by atoms with Crippen LogP contribution in [0.3, 0.4) is 0 Å². The van der Waals surface area contributed by atoms with E-state index in [0.29, 0.717) is 28.6 Å². The van der Waals surface area contributed by atoms with Crippen LogP contribution in [0.5, 0.6) is 11.5 Å². The SMILES string of the molecule is COc1ccccc1NC(=O)C1(c2ccco2)CC(=O)N1c1ccccc1OC. The zero-order valence-corrected chi connectivity index (χ0v) is 16.0. The molecule has 1 atom stereocenters. The second-order valence-corrected chi connectivity index (χ2v) is 6.57. The summed E-state index contributed by atoms with van der Waals surface area (Å²) in [7, 11) is 3.05. The lowest BCUT2D eigenvalue weighted by Crippen LogP contribution is -2.67. The minimum Gasteiger partial charge on any atom is -0.495 e. The number of methoxy groups -OCH3 is 2. The summed E-state index contributed by atoms with van der Waals surface area (Å²) in [6.07, 6.45) is 1.45. The molecule has 0 radical (unpaired) electrons. The first-order chi connectivity index (χ1) is 14.1. The fraction of sp³-hybridized carbons (Fsp3) is 0.182. The average molecular weight is 392 g/mol. The van der Waals surface area contributed by atoms with E-state index >= 15 is 0 Å². The summed E-state index contributed by atoms with van der Waals surface area (Å²) in [5, 5.41) is 2.89. The number of nitrogens with zero attached hydrogens (tertiary/aromatic N) is 1. The lowest BCUT2D eigenvalue weighted by molar-refractivity contribution is -0.138. The summed E-state index contributed by atoms with van der Waals surface area (Å²) in [5.41, 5.74) is -0.334. The molecule has 2 amide bonds. The molecule has 2 heterocycles. The Kier molecular flexibility index (Phi) is 4.72. The van der Waals surface area contributed by atoms with Gasteiger partial charge in [0, 0.05) is 0 Å². The van der Waals surface area contributed by atoms with Gasteiger partial charge >= 0.3 is 0 Å². The highest BCUT2D eigenvalue weighted by atomic mass is 16.5. The number of β-lactam (4-membered cyclic amide) rings is 1. The maximum atomic E-state index is 13.6. The Hall–Kier alpha value is -3.74. The molecule has 0 spiro atoms. The third kappa shape index (κ3) is 2.91. The van der Waals surface area contributed by atoms with Crippen molar-refractivity contribution >= 4 is 23.2 Å². The topological polar surface area (TPSA) is 81.0 Å².